The van der Waals surface area contributed by atoms with Crippen molar-refractivity contribution < 1.29 is 19.4 Å². The van der Waals surface area contributed by atoms with Crippen molar-refractivity contribution in [2.24, 2.45) is 0 Å². The molecule has 0 radical (unpaired) electrons. The van der Waals surface area contributed by atoms with Gasteiger partial charge in [-0.05, 0) is 25.3 Å². The number of nitrogens with one attached hydrogen (secondary N) is 2. The predicted octanol–water partition coefficient (Wildman–Crippen LogP) is 1.61. The van der Waals surface area contributed by atoms with Crippen LogP contribution in [0.4, 0.5) is 10.5 Å². The minimum atomic E-state index is -0.906. The molecular weight excluding hydrogens is 262 g/mol. The molecule has 1 heterocycles. The zero-order chi connectivity index (χ0) is 14.6. The first kappa shape index (κ1) is 14.1. The lowest BCUT2D eigenvalue weighted by molar-refractivity contribution is -0.139. The third-order valence-corrected chi connectivity index (χ3v) is 3.38. The van der Waals surface area contributed by atoms with E-state index >= 15 is 0 Å². The molecule has 108 valence electrons. The molecule has 0 bridgehead atoms. The molecule has 1 aliphatic carbocycles. The molecule has 7 heteroatoms. The van der Waals surface area contributed by atoms with Crippen LogP contribution in [0.5, 0.6) is 5.88 Å². The van der Waals surface area contributed by atoms with Crippen LogP contribution in [0.15, 0.2) is 18.3 Å². The number of aliphatic carboxylic acids is 1. The molecule has 2 rings (SSSR count). The van der Waals surface area contributed by atoms with Crippen molar-refractivity contribution in [3.8, 4) is 5.88 Å². The van der Waals surface area contributed by atoms with E-state index in [1.165, 1.54) is 13.3 Å². The lowest BCUT2D eigenvalue weighted by Gasteiger charge is -2.41. The van der Waals surface area contributed by atoms with Gasteiger partial charge in [-0.15, -0.1) is 0 Å². The molecule has 20 heavy (non-hydrogen) atoms. The molecule has 7 nitrogen and oxygen atoms in total. The van der Waals surface area contributed by atoms with Crippen LogP contribution in [0.2, 0.25) is 0 Å². The lowest BCUT2D eigenvalue weighted by atomic mass is 9.74. The van der Waals surface area contributed by atoms with Crippen LogP contribution in [-0.2, 0) is 4.79 Å². The average molecular weight is 279 g/mol. The third-order valence-electron chi connectivity index (χ3n) is 3.38. The Morgan fingerprint density at radius 2 is 2.20 bits per heavy atom. The third kappa shape index (κ3) is 3.37. The van der Waals surface area contributed by atoms with Gasteiger partial charge in [0.2, 0.25) is 5.88 Å². The number of carbonyl (C=O) groups excluding carboxylic acids is 1. The number of pyridine rings is 1. The normalized spacial score (nSPS) is 15.8. The van der Waals surface area contributed by atoms with Crippen molar-refractivity contribution in [3.05, 3.63) is 18.3 Å². The van der Waals surface area contributed by atoms with Crippen molar-refractivity contribution in [1.82, 2.24) is 10.3 Å². The maximum Gasteiger partial charge on any atom is 0.319 e. The van der Waals surface area contributed by atoms with E-state index in [4.69, 9.17) is 9.84 Å². The summed E-state index contributed by atoms with van der Waals surface area (Å²) in [5.74, 6) is -0.451. The summed E-state index contributed by atoms with van der Waals surface area (Å²) in [7, 11) is 1.51. The van der Waals surface area contributed by atoms with Crippen molar-refractivity contribution in [2.45, 2.75) is 31.2 Å². The second kappa shape index (κ2) is 5.77. The Bertz CT molecular complexity index is 497. The van der Waals surface area contributed by atoms with Gasteiger partial charge in [0.25, 0.3) is 0 Å². The van der Waals surface area contributed by atoms with Crippen molar-refractivity contribution in [1.29, 1.82) is 0 Å². The van der Waals surface area contributed by atoms with E-state index < -0.39 is 17.5 Å². The second-order valence-electron chi connectivity index (χ2n) is 4.87. The largest absolute Gasteiger partial charge is 0.481 e. The van der Waals surface area contributed by atoms with Crippen LogP contribution in [0.3, 0.4) is 0 Å². The fourth-order valence-electron chi connectivity index (χ4n) is 2.22. The maximum atomic E-state index is 11.9. The number of hydrogen-bond donors (Lipinski definition) is 3. The van der Waals surface area contributed by atoms with Crippen LogP contribution < -0.4 is 15.4 Å². The molecular formula is C13H17N3O4. The van der Waals surface area contributed by atoms with Gasteiger partial charge in [0.15, 0.2) is 0 Å². The summed E-state index contributed by atoms with van der Waals surface area (Å²) in [6.45, 7) is 0. The summed E-state index contributed by atoms with van der Waals surface area (Å²) in [4.78, 5) is 26.7. The molecule has 3 N–H and O–H groups in total. The first-order chi connectivity index (χ1) is 9.53. The second-order valence-corrected chi connectivity index (χ2v) is 4.87. The lowest BCUT2D eigenvalue weighted by Crippen LogP contribution is -2.55. The Kier molecular flexibility index (Phi) is 4.07. The topological polar surface area (TPSA) is 101 Å². The Balaban J connectivity index is 1.92. The van der Waals surface area contributed by atoms with Gasteiger partial charge in [-0.2, -0.15) is 0 Å². The highest BCUT2D eigenvalue weighted by atomic mass is 16.5. The zero-order valence-corrected chi connectivity index (χ0v) is 11.2. The van der Waals surface area contributed by atoms with E-state index in [1.807, 2.05) is 0 Å². The summed E-state index contributed by atoms with van der Waals surface area (Å²) in [5, 5.41) is 14.3. The maximum absolute atomic E-state index is 11.9. The number of nitrogens with zero attached hydrogens (tertiary/aromatic N) is 1. The van der Waals surface area contributed by atoms with Gasteiger partial charge in [-0.1, -0.05) is 0 Å². The molecule has 1 aromatic rings. The van der Waals surface area contributed by atoms with Gasteiger partial charge in [0.05, 0.1) is 31.0 Å². The number of hydrogen-bond acceptors (Lipinski definition) is 4. The first-order valence-corrected chi connectivity index (χ1v) is 6.34. The van der Waals surface area contributed by atoms with Gasteiger partial charge in [-0.3, -0.25) is 4.79 Å². The molecule has 0 atom stereocenters. The number of carbonyl (C=O) groups is 2. The Labute approximate surface area is 116 Å². The van der Waals surface area contributed by atoms with E-state index in [-0.39, 0.29) is 6.42 Å². The summed E-state index contributed by atoms with van der Waals surface area (Å²) < 4.78 is 4.92. The molecule has 1 fully saturated rings. The number of ether oxygens (including phenoxy) is 1. The van der Waals surface area contributed by atoms with E-state index in [2.05, 4.69) is 15.6 Å². The molecule has 1 aromatic heterocycles. The van der Waals surface area contributed by atoms with Crippen LogP contribution in [0.25, 0.3) is 0 Å². The Hall–Kier alpha value is -2.31. The number of anilines is 1. The zero-order valence-electron chi connectivity index (χ0n) is 11.2. The minimum Gasteiger partial charge on any atom is -0.481 e. The molecule has 0 aromatic carbocycles. The fraction of sp³-hybridized carbons (Fsp3) is 0.462. The number of rotatable bonds is 5. The van der Waals surface area contributed by atoms with Crippen molar-refractivity contribution in [2.75, 3.05) is 12.4 Å². The van der Waals surface area contributed by atoms with Gasteiger partial charge < -0.3 is 20.5 Å². The highest BCUT2D eigenvalue weighted by Crippen LogP contribution is 2.34. The molecule has 0 aliphatic heterocycles. The Morgan fingerprint density at radius 1 is 1.45 bits per heavy atom. The fourth-order valence-corrected chi connectivity index (χ4v) is 2.22. The standard InChI is InChI=1S/C13H17N3O4/c1-20-10-4-3-9(8-14-10)15-12(19)16-13(5-2-6-13)7-11(17)18/h3-4,8H,2,5-7H2,1H3,(H,17,18)(H2,15,16,19). The van der Waals surface area contributed by atoms with E-state index in [0.717, 1.165) is 6.42 Å². The van der Waals surface area contributed by atoms with E-state index in [9.17, 15) is 9.59 Å². The molecule has 0 spiro atoms. The first-order valence-electron chi connectivity index (χ1n) is 6.34. The number of carboxylic acids is 1. The average Bonchev–Trinajstić information content (AvgIpc) is 2.36. The number of aromatic nitrogens is 1. The minimum absolute atomic E-state index is 0.0543. The number of urea groups is 1. The van der Waals surface area contributed by atoms with Crippen LogP contribution >= 0.6 is 0 Å². The van der Waals surface area contributed by atoms with Crippen LogP contribution in [0.1, 0.15) is 25.7 Å². The number of carboxylic acid groups (broad SMARTS) is 1. The highest BCUT2D eigenvalue weighted by molar-refractivity contribution is 5.90. The van der Waals surface area contributed by atoms with Gasteiger partial charge in [0, 0.05) is 6.07 Å². The molecule has 1 saturated carbocycles. The summed E-state index contributed by atoms with van der Waals surface area (Å²) in [6.07, 6.45) is 3.73. The molecule has 0 unspecified atom stereocenters. The molecule has 0 saturated heterocycles. The van der Waals surface area contributed by atoms with Crippen LogP contribution in [-0.4, -0.2) is 34.7 Å². The predicted molar refractivity (Wildman–Crippen MR) is 71.8 cm³/mol. The number of amides is 2. The molecule has 1 aliphatic rings. The monoisotopic (exact) mass is 279 g/mol. The quantitative estimate of drug-likeness (QED) is 0.760. The summed E-state index contributed by atoms with van der Waals surface area (Å²) in [5.41, 5.74) is -0.0939. The smallest absolute Gasteiger partial charge is 0.319 e. The summed E-state index contributed by atoms with van der Waals surface area (Å²) in [6, 6.07) is 2.88. The van der Waals surface area contributed by atoms with Gasteiger partial charge in [0.1, 0.15) is 0 Å². The van der Waals surface area contributed by atoms with Gasteiger partial charge in [-0.25, -0.2) is 9.78 Å². The van der Waals surface area contributed by atoms with Crippen molar-refractivity contribution in [3.63, 3.8) is 0 Å². The van der Waals surface area contributed by atoms with E-state index in [0.29, 0.717) is 24.4 Å². The van der Waals surface area contributed by atoms with E-state index in [1.54, 1.807) is 12.1 Å². The highest BCUT2D eigenvalue weighted by Gasteiger charge is 2.40. The van der Waals surface area contributed by atoms with Crippen LogP contribution in [0, 0.1) is 0 Å². The summed E-state index contributed by atoms with van der Waals surface area (Å²) >= 11 is 0. The molecule has 2 amide bonds. The van der Waals surface area contributed by atoms with Crippen molar-refractivity contribution >= 4 is 17.7 Å². The van der Waals surface area contributed by atoms with Gasteiger partial charge >= 0.3 is 12.0 Å². The SMILES string of the molecule is COc1ccc(NC(=O)NC2(CC(=O)O)CCC2)cn1. The number of methoxy groups -OCH3 is 1. The Morgan fingerprint density at radius 3 is 2.65 bits per heavy atom.